The molecule has 1 aliphatic carbocycles. The highest BCUT2D eigenvalue weighted by atomic mass is 32.1. The topological polar surface area (TPSA) is 90.9 Å². The number of carbonyl (C=O) groups excluding carboxylic acids is 3. The maximum atomic E-state index is 12.6. The standard InChI is InChI=1S/C19H19NO6S/c1-24-11-6-4-5-10(9-11)16(21)20-17-15(19(23)26-3)14-12(18(22)25-2)7-8-13(14)27-17/h4-6,9,12H,7-8H2,1-3H3,(H,20,21)/t12-/m0/s1. The Morgan fingerprint density at radius 2 is 1.93 bits per heavy atom. The molecule has 0 spiro atoms. The van der Waals surface area contributed by atoms with Crippen molar-refractivity contribution >= 4 is 34.2 Å². The number of anilines is 1. The average molecular weight is 389 g/mol. The van der Waals surface area contributed by atoms with Crippen molar-refractivity contribution in [1.82, 2.24) is 0 Å². The van der Waals surface area contributed by atoms with Crippen molar-refractivity contribution in [2.75, 3.05) is 26.6 Å². The molecule has 8 heteroatoms. The van der Waals surface area contributed by atoms with Gasteiger partial charge in [0.05, 0.1) is 32.8 Å². The Kier molecular flexibility index (Phi) is 5.46. The summed E-state index contributed by atoms with van der Waals surface area (Å²) in [4.78, 5) is 38.0. The van der Waals surface area contributed by atoms with Gasteiger partial charge in [0.1, 0.15) is 10.8 Å². The lowest BCUT2D eigenvalue weighted by molar-refractivity contribution is -0.142. The number of hydrogen-bond donors (Lipinski definition) is 1. The molecule has 0 radical (unpaired) electrons. The summed E-state index contributed by atoms with van der Waals surface area (Å²) in [5.41, 5.74) is 1.21. The van der Waals surface area contributed by atoms with Crippen molar-refractivity contribution in [3.05, 3.63) is 45.8 Å². The zero-order chi connectivity index (χ0) is 19.6. The monoisotopic (exact) mass is 389 g/mol. The number of esters is 2. The Labute approximate surface area is 160 Å². The van der Waals surface area contributed by atoms with E-state index in [4.69, 9.17) is 14.2 Å². The normalized spacial score (nSPS) is 15.0. The van der Waals surface area contributed by atoms with Crippen molar-refractivity contribution in [3.8, 4) is 5.75 Å². The van der Waals surface area contributed by atoms with Crippen molar-refractivity contribution in [2.24, 2.45) is 0 Å². The summed E-state index contributed by atoms with van der Waals surface area (Å²) >= 11 is 1.29. The molecule has 0 fully saturated rings. The van der Waals surface area contributed by atoms with Gasteiger partial charge in [0.15, 0.2) is 0 Å². The fraction of sp³-hybridized carbons (Fsp3) is 0.316. The molecule has 1 aromatic heterocycles. The van der Waals surface area contributed by atoms with Gasteiger partial charge in [-0.1, -0.05) is 6.07 Å². The molecule has 1 aliphatic rings. The van der Waals surface area contributed by atoms with Crippen LogP contribution in [-0.4, -0.2) is 39.2 Å². The van der Waals surface area contributed by atoms with E-state index >= 15 is 0 Å². The Morgan fingerprint density at radius 3 is 2.59 bits per heavy atom. The lowest BCUT2D eigenvalue weighted by Gasteiger charge is -2.12. The zero-order valence-electron chi connectivity index (χ0n) is 15.2. The van der Waals surface area contributed by atoms with Crippen LogP contribution in [0.2, 0.25) is 0 Å². The van der Waals surface area contributed by atoms with Crippen LogP contribution >= 0.6 is 11.3 Å². The van der Waals surface area contributed by atoms with Gasteiger partial charge < -0.3 is 19.5 Å². The number of ether oxygens (including phenoxy) is 3. The Bertz CT molecular complexity index is 904. The number of aryl methyl sites for hydroxylation is 1. The van der Waals surface area contributed by atoms with Crippen molar-refractivity contribution in [3.63, 3.8) is 0 Å². The summed E-state index contributed by atoms with van der Waals surface area (Å²) < 4.78 is 14.9. The van der Waals surface area contributed by atoms with Gasteiger partial charge in [0.2, 0.25) is 0 Å². The van der Waals surface area contributed by atoms with E-state index in [1.165, 1.54) is 32.7 Å². The molecule has 0 saturated heterocycles. The van der Waals surface area contributed by atoms with Gasteiger partial charge in [-0.3, -0.25) is 9.59 Å². The van der Waals surface area contributed by atoms with Gasteiger partial charge in [-0.15, -0.1) is 11.3 Å². The molecule has 7 nitrogen and oxygen atoms in total. The summed E-state index contributed by atoms with van der Waals surface area (Å²) in [7, 11) is 4.10. The Balaban J connectivity index is 1.97. The summed E-state index contributed by atoms with van der Waals surface area (Å²) in [5, 5.41) is 3.14. The molecule has 142 valence electrons. The third-order valence-electron chi connectivity index (χ3n) is 4.46. The minimum atomic E-state index is -0.593. The van der Waals surface area contributed by atoms with Crippen molar-refractivity contribution < 1.29 is 28.6 Å². The van der Waals surface area contributed by atoms with E-state index in [2.05, 4.69) is 5.32 Å². The molecule has 1 aromatic carbocycles. The smallest absolute Gasteiger partial charge is 0.341 e. The van der Waals surface area contributed by atoms with Crippen LogP contribution in [-0.2, 0) is 20.7 Å². The van der Waals surface area contributed by atoms with Crippen LogP contribution in [0.1, 0.15) is 43.5 Å². The maximum Gasteiger partial charge on any atom is 0.341 e. The number of thiophene rings is 1. The highest BCUT2D eigenvalue weighted by Crippen LogP contribution is 2.46. The molecule has 1 amide bonds. The summed E-state index contributed by atoms with van der Waals surface area (Å²) in [5.74, 6) is -1.35. The summed E-state index contributed by atoms with van der Waals surface area (Å²) in [6.07, 6.45) is 1.21. The third-order valence-corrected chi connectivity index (χ3v) is 5.65. The zero-order valence-corrected chi connectivity index (χ0v) is 16.0. The molecule has 0 saturated carbocycles. The molecule has 1 heterocycles. The number of amides is 1. The predicted octanol–water partition coefficient (Wildman–Crippen LogP) is 3.00. The average Bonchev–Trinajstić information content (AvgIpc) is 3.25. The van der Waals surface area contributed by atoms with E-state index in [0.717, 1.165) is 4.88 Å². The molecule has 0 unspecified atom stereocenters. The van der Waals surface area contributed by atoms with Crippen LogP contribution in [0.4, 0.5) is 5.00 Å². The van der Waals surface area contributed by atoms with Crippen LogP contribution in [0.25, 0.3) is 0 Å². The van der Waals surface area contributed by atoms with Gasteiger partial charge in [0, 0.05) is 10.4 Å². The van der Waals surface area contributed by atoms with E-state index in [1.807, 2.05) is 0 Å². The van der Waals surface area contributed by atoms with E-state index < -0.39 is 17.9 Å². The first-order valence-electron chi connectivity index (χ1n) is 8.27. The van der Waals surface area contributed by atoms with Gasteiger partial charge >= 0.3 is 11.9 Å². The summed E-state index contributed by atoms with van der Waals surface area (Å²) in [6.45, 7) is 0. The molecule has 1 atom stereocenters. The molecular weight excluding hydrogens is 370 g/mol. The molecule has 0 bridgehead atoms. The van der Waals surface area contributed by atoms with Crippen LogP contribution < -0.4 is 10.1 Å². The minimum absolute atomic E-state index is 0.224. The lowest BCUT2D eigenvalue weighted by Crippen LogP contribution is -2.17. The number of methoxy groups -OCH3 is 3. The number of rotatable bonds is 5. The van der Waals surface area contributed by atoms with Gasteiger partial charge in [-0.05, 0) is 36.6 Å². The van der Waals surface area contributed by atoms with Crippen molar-refractivity contribution in [1.29, 1.82) is 0 Å². The number of benzene rings is 1. The minimum Gasteiger partial charge on any atom is -0.497 e. The molecule has 3 rings (SSSR count). The fourth-order valence-electron chi connectivity index (χ4n) is 3.18. The van der Waals surface area contributed by atoms with E-state index in [1.54, 1.807) is 24.3 Å². The van der Waals surface area contributed by atoms with Gasteiger partial charge in [-0.25, -0.2) is 4.79 Å². The second-order valence-electron chi connectivity index (χ2n) is 5.94. The SMILES string of the molecule is COC(=O)c1c(NC(=O)c2cccc(OC)c2)sc2c1[C@@H](C(=O)OC)CC2. The maximum absolute atomic E-state index is 12.6. The van der Waals surface area contributed by atoms with E-state index in [0.29, 0.717) is 34.7 Å². The van der Waals surface area contributed by atoms with Crippen LogP contribution in [0, 0.1) is 0 Å². The number of carbonyl (C=O) groups is 3. The fourth-order valence-corrected chi connectivity index (χ4v) is 4.43. The summed E-state index contributed by atoms with van der Waals surface area (Å²) in [6, 6.07) is 6.69. The second kappa shape index (κ2) is 7.79. The largest absolute Gasteiger partial charge is 0.497 e. The van der Waals surface area contributed by atoms with Crippen LogP contribution in [0.5, 0.6) is 5.75 Å². The molecule has 0 aliphatic heterocycles. The predicted molar refractivity (Wildman–Crippen MR) is 99.7 cm³/mol. The molecular formula is C19H19NO6S. The first kappa shape index (κ1) is 18.9. The first-order chi connectivity index (χ1) is 13.0. The lowest BCUT2D eigenvalue weighted by atomic mass is 9.99. The highest BCUT2D eigenvalue weighted by Gasteiger charge is 2.38. The highest BCUT2D eigenvalue weighted by molar-refractivity contribution is 7.17. The van der Waals surface area contributed by atoms with Crippen LogP contribution in [0.15, 0.2) is 24.3 Å². The number of hydrogen-bond acceptors (Lipinski definition) is 7. The Morgan fingerprint density at radius 1 is 1.15 bits per heavy atom. The third kappa shape index (κ3) is 3.52. The number of fused-ring (bicyclic) bond motifs is 1. The van der Waals surface area contributed by atoms with Gasteiger partial charge in [-0.2, -0.15) is 0 Å². The number of nitrogens with one attached hydrogen (secondary N) is 1. The van der Waals surface area contributed by atoms with E-state index in [-0.39, 0.29) is 11.5 Å². The molecule has 2 aromatic rings. The van der Waals surface area contributed by atoms with Crippen LogP contribution in [0.3, 0.4) is 0 Å². The first-order valence-corrected chi connectivity index (χ1v) is 9.08. The Hall–Kier alpha value is -2.87. The second-order valence-corrected chi connectivity index (χ2v) is 7.04. The van der Waals surface area contributed by atoms with Crippen molar-refractivity contribution in [2.45, 2.75) is 18.8 Å². The quantitative estimate of drug-likeness (QED) is 0.791. The molecule has 27 heavy (non-hydrogen) atoms. The van der Waals surface area contributed by atoms with Gasteiger partial charge in [0.25, 0.3) is 5.91 Å². The molecule has 1 N–H and O–H groups in total. The van der Waals surface area contributed by atoms with E-state index in [9.17, 15) is 14.4 Å².